The summed E-state index contributed by atoms with van der Waals surface area (Å²) in [6.45, 7) is 1.98. The second-order valence-electron chi connectivity index (χ2n) is 4.16. The molecule has 1 atom stereocenters. The molecule has 94 valence electrons. The van der Waals surface area contributed by atoms with Crippen LogP contribution in [-0.2, 0) is 0 Å². The molecule has 0 saturated heterocycles. The number of phenolic OH excluding ortho intramolecular Hbond substituents is 2. The first-order valence-electron chi connectivity index (χ1n) is 5.59. The zero-order valence-corrected chi connectivity index (χ0v) is 12.0. The van der Waals surface area contributed by atoms with Crippen molar-refractivity contribution < 1.29 is 10.2 Å². The SMILES string of the molecule is CC(Nc1cccc(I)c1)c1cc(O)cc(O)c1. The van der Waals surface area contributed by atoms with Gasteiger partial charge in [-0.05, 0) is 65.4 Å². The minimum Gasteiger partial charge on any atom is -0.508 e. The molecular formula is C14H14INO2. The molecule has 0 spiro atoms. The van der Waals surface area contributed by atoms with Crippen LogP contribution in [0.15, 0.2) is 42.5 Å². The largest absolute Gasteiger partial charge is 0.508 e. The maximum Gasteiger partial charge on any atom is 0.119 e. The molecule has 0 aliphatic carbocycles. The van der Waals surface area contributed by atoms with E-state index in [2.05, 4.69) is 27.9 Å². The summed E-state index contributed by atoms with van der Waals surface area (Å²) < 4.78 is 1.16. The number of benzene rings is 2. The van der Waals surface area contributed by atoms with Crippen molar-refractivity contribution in [2.24, 2.45) is 0 Å². The number of rotatable bonds is 3. The van der Waals surface area contributed by atoms with Crippen LogP contribution in [-0.4, -0.2) is 10.2 Å². The molecular weight excluding hydrogens is 341 g/mol. The van der Waals surface area contributed by atoms with E-state index in [-0.39, 0.29) is 17.5 Å². The van der Waals surface area contributed by atoms with Crippen molar-refractivity contribution in [1.29, 1.82) is 0 Å². The van der Waals surface area contributed by atoms with Gasteiger partial charge in [-0.2, -0.15) is 0 Å². The standard InChI is InChI=1S/C14H14INO2/c1-9(10-5-13(17)8-14(18)6-10)16-12-4-2-3-11(15)7-12/h2-9,16-18H,1H3. The van der Waals surface area contributed by atoms with Gasteiger partial charge in [0.15, 0.2) is 0 Å². The fraction of sp³-hybridized carbons (Fsp3) is 0.143. The summed E-state index contributed by atoms with van der Waals surface area (Å²) in [4.78, 5) is 0. The molecule has 0 saturated carbocycles. The van der Waals surface area contributed by atoms with Gasteiger partial charge in [0.2, 0.25) is 0 Å². The van der Waals surface area contributed by atoms with Gasteiger partial charge in [-0.15, -0.1) is 0 Å². The molecule has 0 heterocycles. The number of anilines is 1. The Hall–Kier alpha value is -1.43. The zero-order valence-electron chi connectivity index (χ0n) is 9.89. The molecule has 0 aliphatic rings. The predicted octanol–water partition coefficient (Wildman–Crippen LogP) is 3.88. The second kappa shape index (κ2) is 5.48. The Balaban J connectivity index is 2.19. The molecule has 3 nitrogen and oxygen atoms in total. The van der Waals surface area contributed by atoms with Crippen LogP contribution in [0.25, 0.3) is 0 Å². The number of phenols is 2. The molecule has 2 rings (SSSR count). The fourth-order valence-corrected chi connectivity index (χ4v) is 2.32. The highest BCUT2D eigenvalue weighted by Crippen LogP contribution is 2.27. The highest BCUT2D eigenvalue weighted by Gasteiger charge is 2.08. The first-order chi connectivity index (χ1) is 8.54. The maximum atomic E-state index is 9.46. The Labute approximate surface area is 120 Å². The molecule has 0 aromatic heterocycles. The van der Waals surface area contributed by atoms with Crippen molar-refractivity contribution in [3.8, 4) is 11.5 Å². The van der Waals surface area contributed by atoms with Crippen molar-refractivity contribution in [1.82, 2.24) is 0 Å². The quantitative estimate of drug-likeness (QED) is 0.733. The molecule has 0 bridgehead atoms. The Morgan fingerprint density at radius 2 is 1.72 bits per heavy atom. The lowest BCUT2D eigenvalue weighted by molar-refractivity contribution is 0.448. The van der Waals surface area contributed by atoms with Gasteiger partial charge in [-0.25, -0.2) is 0 Å². The summed E-state index contributed by atoms with van der Waals surface area (Å²) >= 11 is 2.26. The molecule has 18 heavy (non-hydrogen) atoms. The van der Waals surface area contributed by atoms with Crippen LogP contribution in [0, 0.1) is 3.57 Å². The van der Waals surface area contributed by atoms with Gasteiger partial charge in [0.1, 0.15) is 11.5 Å². The van der Waals surface area contributed by atoms with E-state index < -0.39 is 0 Å². The van der Waals surface area contributed by atoms with Gasteiger partial charge >= 0.3 is 0 Å². The summed E-state index contributed by atoms with van der Waals surface area (Å²) in [5.41, 5.74) is 1.85. The van der Waals surface area contributed by atoms with Gasteiger partial charge in [-0.3, -0.25) is 0 Å². The van der Waals surface area contributed by atoms with Gasteiger partial charge in [0, 0.05) is 21.4 Å². The third-order valence-corrected chi connectivity index (χ3v) is 3.30. The Bertz CT molecular complexity index is 537. The smallest absolute Gasteiger partial charge is 0.119 e. The van der Waals surface area contributed by atoms with Crippen LogP contribution >= 0.6 is 22.6 Å². The van der Waals surface area contributed by atoms with Crippen LogP contribution in [0.5, 0.6) is 11.5 Å². The monoisotopic (exact) mass is 355 g/mol. The van der Waals surface area contributed by atoms with Crippen molar-refractivity contribution in [2.75, 3.05) is 5.32 Å². The molecule has 0 radical (unpaired) electrons. The number of nitrogens with one attached hydrogen (secondary N) is 1. The average Bonchev–Trinajstić information content (AvgIpc) is 2.27. The lowest BCUT2D eigenvalue weighted by Crippen LogP contribution is -2.06. The van der Waals surface area contributed by atoms with E-state index >= 15 is 0 Å². The minimum atomic E-state index is 0.00111. The molecule has 1 unspecified atom stereocenters. The molecule has 2 aromatic rings. The van der Waals surface area contributed by atoms with Gasteiger partial charge < -0.3 is 15.5 Å². The molecule has 3 N–H and O–H groups in total. The van der Waals surface area contributed by atoms with Crippen LogP contribution in [0.1, 0.15) is 18.5 Å². The minimum absolute atomic E-state index is 0.00111. The van der Waals surface area contributed by atoms with E-state index in [0.717, 1.165) is 14.8 Å². The van der Waals surface area contributed by atoms with Crippen LogP contribution in [0.2, 0.25) is 0 Å². The summed E-state index contributed by atoms with van der Waals surface area (Å²) in [5, 5.41) is 22.3. The normalized spacial score (nSPS) is 12.1. The van der Waals surface area contributed by atoms with Gasteiger partial charge in [0.05, 0.1) is 0 Å². The highest BCUT2D eigenvalue weighted by molar-refractivity contribution is 14.1. The lowest BCUT2D eigenvalue weighted by Gasteiger charge is -2.16. The predicted molar refractivity (Wildman–Crippen MR) is 81.0 cm³/mol. The highest BCUT2D eigenvalue weighted by atomic mass is 127. The molecule has 0 amide bonds. The first kappa shape index (κ1) is 13.0. The van der Waals surface area contributed by atoms with Crippen LogP contribution in [0.4, 0.5) is 5.69 Å². The summed E-state index contributed by atoms with van der Waals surface area (Å²) in [7, 11) is 0. The summed E-state index contributed by atoms with van der Waals surface area (Å²) in [5.74, 6) is 0.141. The fourth-order valence-electron chi connectivity index (χ4n) is 1.78. The molecule has 2 aromatic carbocycles. The maximum absolute atomic E-state index is 9.46. The summed E-state index contributed by atoms with van der Waals surface area (Å²) in [6, 6.07) is 12.6. The topological polar surface area (TPSA) is 52.5 Å². The average molecular weight is 355 g/mol. The van der Waals surface area contributed by atoms with E-state index in [1.165, 1.54) is 6.07 Å². The van der Waals surface area contributed by atoms with Crippen molar-refractivity contribution >= 4 is 28.3 Å². The number of hydrogen-bond donors (Lipinski definition) is 3. The van der Waals surface area contributed by atoms with E-state index in [4.69, 9.17) is 0 Å². The van der Waals surface area contributed by atoms with Crippen molar-refractivity contribution in [3.05, 3.63) is 51.6 Å². The Morgan fingerprint density at radius 3 is 2.33 bits per heavy atom. The van der Waals surface area contributed by atoms with E-state index in [1.807, 2.05) is 31.2 Å². The van der Waals surface area contributed by atoms with E-state index in [1.54, 1.807) is 12.1 Å². The Morgan fingerprint density at radius 1 is 1.06 bits per heavy atom. The zero-order chi connectivity index (χ0) is 13.1. The van der Waals surface area contributed by atoms with E-state index in [0.29, 0.717) is 0 Å². The van der Waals surface area contributed by atoms with Crippen molar-refractivity contribution in [3.63, 3.8) is 0 Å². The number of hydrogen-bond acceptors (Lipinski definition) is 3. The first-order valence-corrected chi connectivity index (χ1v) is 6.67. The van der Waals surface area contributed by atoms with Crippen LogP contribution < -0.4 is 5.32 Å². The Kier molecular flexibility index (Phi) is 3.96. The number of aromatic hydroxyl groups is 2. The van der Waals surface area contributed by atoms with Crippen LogP contribution in [0.3, 0.4) is 0 Å². The molecule has 4 heteroatoms. The van der Waals surface area contributed by atoms with E-state index in [9.17, 15) is 10.2 Å². The molecule has 0 aliphatic heterocycles. The second-order valence-corrected chi connectivity index (χ2v) is 5.40. The molecule has 0 fully saturated rings. The third-order valence-electron chi connectivity index (χ3n) is 2.63. The van der Waals surface area contributed by atoms with Crippen molar-refractivity contribution in [2.45, 2.75) is 13.0 Å². The lowest BCUT2D eigenvalue weighted by atomic mass is 10.1. The summed E-state index contributed by atoms with van der Waals surface area (Å²) in [6.07, 6.45) is 0. The van der Waals surface area contributed by atoms with Gasteiger partial charge in [0.25, 0.3) is 0 Å². The third kappa shape index (κ3) is 3.29. The number of halogens is 1. The van der Waals surface area contributed by atoms with Gasteiger partial charge in [-0.1, -0.05) is 6.07 Å².